The average molecular weight is 554 g/mol. The molecule has 0 heterocycles. The minimum atomic E-state index is -1.42. The van der Waals surface area contributed by atoms with Crippen LogP contribution in [-0.4, -0.2) is 49.8 Å². The van der Waals surface area contributed by atoms with Crippen LogP contribution in [0.25, 0.3) is 0 Å². The lowest BCUT2D eigenvalue weighted by molar-refractivity contribution is -0.196. The standard InChI is InChI=1S/C15H24Br3NO6/c1-13(2,16)10(20)23-7-8(19)9(24-11(21)14(3,4)17)25-12(22)15(5,6)18/h8-9H,7,19H2,1-6H3. The Morgan fingerprint density at radius 2 is 1.12 bits per heavy atom. The molecule has 0 spiro atoms. The minimum Gasteiger partial charge on any atom is -0.463 e. The fourth-order valence-corrected chi connectivity index (χ4v) is 1.41. The van der Waals surface area contributed by atoms with Gasteiger partial charge in [-0.1, -0.05) is 47.8 Å². The third kappa shape index (κ3) is 9.35. The summed E-state index contributed by atoms with van der Waals surface area (Å²) in [6.07, 6.45) is -1.42. The Morgan fingerprint density at radius 3 is 1.40 bits per heavy atom. The molecule has 10 heteroatoms. The van der Waals surface area contributed by atoms with E-state index < -0.39 is 43.2 Å². The van der Waals surface area contributed by atoms with Crippen LogP contribution in [-0.2, 0) is 28.6 Å². The van der Waals surface area contributed by atoms with E-state index in [1.165, 1.54) is 0 Å². The molecule has 146 valence electrons. The highest BCUT2D eigenvalue weighted by atomic mass is 79.9. The van der Waals surface area contributed by atoms with Crippen LogP contribution in [0.15, 0.2) is 0 Å². The van der Waals surface area contributed by atoms with Gasteiger partial charge in [0.15, 0.2) is 0 Å². The summed E-state index contributed by atoms with van der Waals surface area (Å²) in [4.78, 5) is 35.9. The smallest absolute Gasteiger partial charge is 0.325 e. The summed E-state index contributed by atoms with van der Waals surface area (Å²) in [5, 5.41) is 0. The molecule has 2 N–H and O–H groups in total. The molecule has 0 rings (SSSR count). The highest BCUT2D eigenvalue weighted by molar-refractivity contribution is 9.10. The lowest BCUT2D eigenvalue weighted by Gasteiger charge is -2.28. The number of halogens is 3. The molecule has 25 heavy (non-hydrogen) atoms. The second kappa shape index (κ2) is 9.14. The Hall–Kier alpha value is -0.190. The van der Waals surface area contributed by atoms with Gasteiger partial charge in [0.2, 0.25) is 0 Å². The Labute approximate surface area is 173 Å². The minimum absolute atomic E-state index is 0.301. The van der Waals surface area contributed by atoms with Crippen LogP contribution < -0.4 is 5.73 Å². The second-order valence-electron chi connectivity index (χ2n) is 6.86. The van der Waals surface area contributed by atoms with Crippen molar-refractivity contribution in [3.8, 4) is 0 Å². The molecule has 0 bridgehead atoms. The van der Waals surface area contributed by atoms with Crippen molar-refractivity contribution in [1.82, 2.24) is 0 Å². The van der Waals surface area contributed by atoms with E-state index in [1.54, 1.807) is 41.5 Å². The first-order chi connectivity index (χ1) is 11.0. The number of carbonyl (C=O) groups excluding carboxylic acids is 3. The largest absolute Gasteiger partial charge is 0.463 e. The van der Waals surface area contributed by atoms with E-state index in [9.17, 15) is 14.4 Å². The van der Waals surface area contributed by atoms with Gasteiger partial charge in [-0.25, -0.2) is 0 Å². The molecule has 0 saturated heterocycles. The summed E-state index contributed by atoms with van der Waals surface area (Å²) in [5.74, 6) is -1.92. The molecule has 7 nitrogen and oxygen atoms in total. The van der Waals surface area contributed by atoms with E-state index >= 15 is 0 Å². The molecular formula is C15H24Br3NO6. The van der Waals surface area contributed by atoms with Crippen LogP contribution in [0.4, 0.5) is 0 Å². The van der Waals surface area contributed by atoms with E-state index in [-0.39, 0.29) is 6.61 Å². The van der Waals surface area contributed by atoms with Crippen LogP contribution in [0.3, 0.4) is 0 Å². The third-order valence-corrected chi connectivity index (χ3v) is 3.63. The van der Waals surface area contributed by atoms with Crippen molar-refractivity contribution in [2.24, 2.45) is 5.73 Å². The first-order valence-corrected chi connectivity index (χ1v) is 9.76. The van der Waals surface area contributed by atoms with Crippen molar-refractivity contribution in [3.05, 3.63) is 0 Å². The Kier molecular flexibility index (Phi) is 9.07. The summed E-state index contributed by atoms with van der Waals surface area (Å²) >= 11 is 9.48. The summed E-state index contributed by atoms with van der Waals surface area (Å²) in [5.41, 5.74) is 5.92. The first-order valence-electron chi connectivity index (χ1n) is 7.38. The highest BCUT2D eigenvalue weighted by Crippen LogP contribution is 2.23. The van der Waals surface area contributed by atoms with Crippen molar-refractivity contribution in [2.75, 3.05) is 6.61 Å². The number of hydrogen-bond donors (Lipinski definition) is 1. The van der Waals surface area contributed by atoms with Gasteiger partial charge in [-0.2, -0.15) is 0 Å². The molecule has 0 fully saturated rings. The van der Waals surface area contributed by atoms with Gasteiger partial charge >= 0.3 is 17.9 Å². The third-order valence-electron chi connectivity index (χ3n) is 2.66. The summed E-state index contributed by atoms with van der Waals surface area (Å²) < 4.78 is 12.5. The van der Waals surface area contributed by atoms with Gasteiger partial charge in [0.1, 0.15) is 25.6 Å². The zero-order valence-electron chi connectivity index (χ0n) is 15.0. The Morgan fingerprint density at radius 1 is 0.800 bits per heavy atom. The van der Waals surface area contributed by atoms with Crippen LogP contribution in [0, 0.1) is 0 Å². The fraction of sp³-hybridized carbons (Fsp3) is 0.800. The first kappa shape index (κ1) is 24.8. The van der Waals surface area contributed by atoms with E-state index in [0.29, 0.717) is 0 Å². The van der Waals surface area contributed by atoms with Crippen molar-refractivity contribution in [1.29, 1.82) is 0 Å². The maximum Gasteiger partial charge on any atom is 0.325 e. The topological polar surface area (TPSA) is 105 Å². The van der Waals surface area contributed by atoms with Crippen molar-refractivity contribution >= 4 is 65.7 Å². The van der Waals surface area contributed by atoms with E-state index in [2.05, 4.69) is 47.8 Å². The predicted octanol–water partition coefficient (Wildman–Crippen LogP) is 2.79. The predicted molar refractivity (Wildman–Crippen MR) is 104 cm³/mol. The van der Waals surface area contributed by atoms with Crippen molar-refractivity contribution < 1.29 is 28.6 Å². The quantitative estimate of drug-likeness (QED) is 0.280. The molecule has 0 aromatic heterocycles. The molecule has 0 saturated carbocycles. The van der Waals surface area contributed by atoms with Gasteiger partial charge < -0.3 is 19.9 Å². The van der Waals surface area contributed by atoms with Crippen LogP contribution in [0.5, 0.6) is 0 Å². The van der Waals surface area contributed by atoms with Gasteiger partial charge in [0.05, 0.1) is 0 Å². The van der Waals surface area contributed by atoms with E-state index in [0.717, 1.165) is 0 Å². The number of alkyl halides is 3. The van der Waals surface area contributed by atoms with Gasteiger partial charge in [-0.3, -0.25) is 14.4 Å². The SMILES string of the molecule is CC(C)(Br)C(=O)OCC(N)C(OC(=O)C(C)(C)Br)OC(=O)C(C)(C)Br. The number of ether oxygens (including phenoxy) is 3. The van der Waals surface area contributed by atoms with Crippen LogP contribution in [0.1, 0.15) is 41.5 Å². The van der Waals surface area contributed by atoms with Gasteiger partial charge in [0, 0.05) is 0 Å². The van der Waals surface area contributed by atoms with Gasteiger partial charge in [0.25, 0.3) is 6.29 Å². The van der Waals surface area contributed by atoms with Gasteiger partial charge in [-0.05, 0) is 41.5 Å². The van der Waals surface area contributed by atoms with Gasteiger partial charge in [-0.15, -0.1) is 0 Å². The average Bonchev–Trinajstić information content (AvgIpc) is 2.39. The number of esters is 3. The fourth-order valence-electron chi connectivity index (χ4n) is 1.11. The Balaban J connectivity index is 5.13. The maximum atomic E-state index is 12.1. The van der Waals surface area contributed by atoms with Crippen molar-refractivity contribution in [3.63, 3.8) is 0 Å². The van der Waals surface area contributed by atoms with E-state index in [4.69, 9.17) is 19.9 Å². The molecule has 0 amide bonds. The van der Waals surface area contributed by atoms with Crippen LogP contribution >= 0.6 is 47.8 Å². The summed E-state index contributed by atoms with van der Waals surface area (Å²) in [7, 11) is 0. The molecule has 0 aliphatic rings. The maximum absolute atomic E-state index is 12.1. The summed E-state index contributed by atoms with van der Waals surface area (Å²) in [6.45, 7) is 9.20. The van der Waals surface area contributed by atoms with Crippen LogP contribution in [0.2, 0.25) is 0 Å². The number of nitrogens with two attached hydrogens (primary N) is 1. The lowest BCUT2D eigenvalue weighted by Crippen LogP contribution is -2.49. The second-order valence-corrected chi connectivity index (χ2v) is 12.8. The van der Waals surface area contributed by atoms with E-state index in [1.807, 2.05) is 0 Å². The monoisotopic (exact) mass is 551 g/mol. The number of hydrogen-bond acceptors (Lipinski definition) is 7. The molecule has 0 aromatic carbocycles. The highest BCUT2D eigenvalue weighted by Gasteiger charge is 2.37. The Bertz CT molecular complexity index is 477. The normalized spacial score (nSPS) is 14.0. The molecule has 0 aliphatic heterocycles. The number of carbonyl (C=O) groups is 3. The number of rotatable bonds is 8. The lowest BCUT2D eigenvalue weighted by atomic mass is 10.2. The molecule has 0 aliphatic carbocycles. The zero-order chi connectivity index (χ0) is 20.2. The molecular weight excluding hydrogens is 530 g/mol. The molecule has 0 radical (unpaired) electrons. The molecule has 1 unspecified atom stereocenters. The summed E-state index contributed by atoms with van der Waals surface area (Å²) in [6, 6.07) is -1.06. The van der Waals surface area contributed by atoms with Crippen molar-refractivity contribution in [2.45, 2.75) is 66.8 Å². The zero-order valence-corrected chi connectivity index (χ0v) is 19.8. The molecule has 1 atom stereocenters. The molecule has 0 aromatic rings.